The van der Waals surface area contributed by atoms with Crippen molar-refractivity contribution >= 4 is 21.7 Å². The van der Waals surface area contributed by atoms with Gasteiger partial charge >= 0.3 is 5.97 Å². The van der Waals surface area contributed by atoms with Crippen LogP contribution >= 0.6 is 0 Å². The van der Waals surface area contributed by atoms with Crippen molar-refractivity contribution in [3.05, 3.63) is 0 Å². The van der Waals surface area contributed by atoms with E-state index in [1.165, 1.54) is 0 Å². The molecule has 0 saturated carbocycles. The number of nitrogens with one attached hydrogen (secondary N) is 1. The van der Waals surface area contributed by atoms with E-state index in [9.17, 15) is 18.0 Å². The van der Waals surface area contributed by atoms with E-state index in [2.05, 4.69) is 5.32 Å². The molecule has 2 N–H and O–H groups in total. The monoisotopic (exact) mass is 277 g/mol. The van der Waals surface area contributed by atoms with Gasteiger partial charge in [0.15, 0.2) is 9.84 Å². The Hall–Kier alpha value is -1.11. The van der Waals surface area contributed by atoms with Crippen LogP contribution in [0, 0.1) is 0 Å². The minimum Gasteiger partial charge on any atom is -0.481 e. The number of hydrogen-bond donors (Lipinski definition) is 2. The lowest BCUT2D eigenvalue weighted by Crippen LogP contribution is -2.34. The Morgan fingerprint density at radius 3 is 2.44 bits per heavy atom. The SMILES string of the molecule is O=C(O)CCCCC(=O)NCC1CCCS1(=O)=O. The molecule has 1 aliphatic heterocycles. The van der Waals surface area contributed by atoms with Gasteiger partial charge in [-0.2, -0.15) is 0 Å². The van der Waals surface area contributed by atoms with E-state index in [-0.39, 0.29) is 31.0 Å². The summed E-state index contributed by atoms with van der Waals surface area (Å²) in [6, 6.07) is 0. The van der Waals surface area contributed by atoms with Crippen molar-refractivity contribution in [1.82, 2.24) is 5.32 Å². The third-order valence-electron chi connectivity index (χ3n) is 3.03. The molecule has 104 valence electrons. The van der Waals surface area contributed by atoms with Gasteiger partial charge in [-0.15, -0.1) is 0 Å². The molecule has 1 amide bonds. The molecule has 7 heteroatoms. The lowest BCUT2D eigenvalue weighted by Gasteiger charge is -2.10. The molecule has 6 nitrogen and oxygen atoms in total. The Morgan fingerprint density at radius 2 is 1.89 bits per heavy atom. The normalized spacial score (nSPS) is 21.7. The van der Waals surface area contributed by atoms with Gasteiger partial charge in [-0.05, 0) is 25.7 Å². The molecule has 1 unspecified atom stereocenters. The molecule has 1 saturated heterocycles. The smallest absolute Gasteiger partial charge is 0.303 e. The van der Waals surface area contributed by atoms with E-state index >= 15 is 0 Å². The van der Waals surface area contributed by atoms with Crippen molar-refractivity contribution in [3.8, 4) is 0 Å². The second kappa shape index (κ2) is 6.72. The Labute approximate surface area is 107 Å². The summed E-state index contributed by atoms with van der Waals surface area (Å²) in [5.74, 6) is -0.860. The average molecular weight is 277 g/mol. The van der Waals surface area contributed by atoms with Crippen molar-refractivity contribution in [2.45, 2.75) is 43.8 Å². The van der Waals surface area contributed by atoms with Crippen LogP contribution in [0.15, 0.2) is 0 Å². The molecule has 0 aromatic carbocycles. The molecule has 1 aliphatic rings. The molecule has 1 heterocycles. The Kier molecular flexibility index (Phi) is 5.58. The molecule has 1 fully saturated rings. The van der Waals surface area contributed by atoms with Crippen molar-refractivity contribution in [3.63, 3.8) is 0 Å². The maximum atomic E-state index is 11.5. The Balaban J connectivity index is 2.15. The van der Waals surface area contributed by atoms with E-state index in [1.54, 1.807) is 0 Å². The second-order valence-electron chi connectivity index (χ2n) is 4.54. The molecule has 0 radical (unpaired) electrons. The molecule has 18 heavy (non-hydrogen) atoms. The third-order valence-corrected chi connectivity index (χ3v) is 5.31. The highest BCUT2D eigenvalue weighted by Crippen LogP contribution is 2.19. The zero-order valence-electron chi connectivity index (χ0n) is 10.2. The first-order chi connectivity index (χ1) is 8.42. The number of sulfone groups is 1. The summed E-state index contributed by atoms with van der Waals surface area (Å²) in [6.45, 7) is 0.181. The quantitative estimate of drug-likeness (QED) is 0.653. The first-order valence-corrected chi connectivity index (χ1v) is 7.83. The number of carbonyl (C=O) groups is 2. The number of hydrogen-bond acceptors (Lipinski definition) is 4. The third kappa shape index (κ3) is 5.03. The van der Waals surface area contributed by atoms with Gasteiger partial charge in [0.2, 0.25) is 5.91 Å². The van der Waals surface area contributed by atoms with E-state index < -0.39 is 21.1 Å². The van der Waals surface area contributed by atoms with Crippen molar-refractivity contribution in [1.29, 1.82) is 0 Å². The summed E-state index contributed by atoms with van der Waals surface area (Å²) in [7, 11) is -3.01. The standard InChI is InChI=1S/C11H19NO5S/c13-10(5-1-2-6-11(14)15)12-8-9-4-3-7-18(9,16)17/h9H,1-8H2,(H,12,13)(H,14,15). The van der Waals surface area contributed by atoms with Crippen molar-refractivity contribution in [2.24, 2.45) is 0 Å². The predicted octanol–water partition coefficient (Wildman–Crippen LogP) is 0.325. The number of rotatable bonds is 7. The highest BCUT2D eigenvalue weighted by Gasteiger charge is 2.31. The van der Waals surface area contributed by atoms with Crippen LogP contribution in [0.2, 0.25) is 0 Å². The summed E-state index contributed by atoms with van der Waals surface area (Å²) < 4.78 is 23.0. The van der Waals surface area contributed by atoms with Gasteiger partial charge < -0.3 is 10.4 Å². The summed E-state index contributed by atoms with van der Waals surface area (Å²) in [5, 5.41) is 10.6. The fourth-order valence-corrected chi connectivity index (χ4v) is 3.73. The topological polar surface area (TPSA) is 101 Å². The first-order valence-electron chi connectivity index (χ1n) is 6.12. The van der Waals surface area contributed by atoms with E-state index in [0.29, 0.717) is 25.7 Å². The number of aliphatic carboxylic acids is 1. The summed E-state index contributed by atoms with van der Waals surface area (Å²) >= 11 is 0. The second-order valence-corrected chi connectivity index (χ2v) is 6.94. The number of carboxylic acids is 1. The van der Waals surface area contributed by atoms with E-state index in [1.807, 2.05) is 0 Å². The van der Waals surface area contributed by atoms with Crippen LogP contribution in [0.25, 0.3) is 0 Å². The predicted molar refractivity (Wildman–Crippen MR) is 65.9 cm³/mol. The summed E-state index contributed by atoms with van der Waals surface area (Å²) in [6.07, 6.45) is 2.56. The average Bonchev–Trinajstić information content (AvgIpc) is 2.61. The zero-order chi connectivity index (χ0) is 13.6. The number of carbonyl (C=O) groups excluding carboxylic acids is 1. The molecule has 0 aromatic heterocycles. The Morgan fingerprint density at radius 1 is 1.22 bits per heavy atom. The highest BCUT2D eigenvalue weighted by atomic mass is 32.2. The molecule has 1 atom stereocenters. The zero-order valence-corrected chi connectivity index (χ0v) is 11.0. The van der Waals surface area contributed by atoms with Crippen LogP contribution in [0.1, 0.15) is 38.5 Å². The van der Waals surface area contributed by atoms with Gasteiger partial charge in [0.05, 0.1) is 11.0 Å². The van der Waals surface area contributed by atoms with Gasteiger partial charge in [0.1, 0.15) is 0 Å². The van der Waals surface area contributed by atoms with Gasteiger partial charge in [-0.1, -0.05) is 0 Å². The molecule has 1 rings (SSSR count). The van der Waals surface area contributed by atoms with Crippen molar-refractivity contribution < 1.29 is 23.1 Å². The molecule has 0 bridgehead atoms. The molecule has 0 spiro atoms. The maximum absolute atomic E-state index is 11.5. The molecule has 0 aliphatic carbocycles. The maximum Gasteiger partial charge on any atom is 0.303 e. The van der Waals surface area contributed by atoms with E-state index in [0.717, 1.165) is 0 Å². The molecular weight excluding hydrogens is 258 g/mol. The van der Waals surface area contributed by atoms with Gasteiger partial charge in [-0.25, -0.2) is 8.42 Å². The van der Waals surface area contributed by atoms with Crippen LogP contribution in [0.3, 0.4) is 0 Å². The highest BCUT2D eigenvalue weighted by molar-refractivity contribution is 7.92. The molecular formula is C11H19NO5S. The van der Waals surface area contributed by atoms with Gasteiger partial charge in [0.25, 0.3) is 0 Å². The number of amides is 1. The van der Waals surface area contributed by atoms with Gasteiger partial charge in [-0.3, -0.25) is 9.59 Å². The van der Waals surface area contributed by atoms with Crippen LogP contribution in [0.4, 0.5) is 0 Å². The van der Waals surface area contributed by atoms with Crippen molar-refractivity contribution in [2.75, 3.05) is 12.3 Å². The van der Waals surface area contributed by atoms with Crippen LogP contribution in [0.5, 0.6) is 0 Å². The minimum absolute atomic E-state index is 0.0598. The first kappa shape index (κ1) is 14.9. The summed E-state index contributed by atoms with van der Waals surface area (Å²) in [5.41, 5.74) is 0. The lowest BCUT2D eigenvalue weighted by atomic mass is 10.2. The van der Waals surface area contributed by atoms with E-state index in [4.69, 9.17) is 5.11 Å². The lowest BCUT2D eigenvalue weighted by molar-refractivity contribution is -0.137. The summed E-state index contributed by atoms with van der Waals surface area (Å²) in [4.78, 5) is 21.7. The number of carboxylic acid groups (broad SMARTS) is 1. The fraction of sp³-hybridized carbons (Fsp3) is 0.818. The Bertz CT molecular complexity index is 404. The van der Waals surface area contributed by atoms with Crippen LogP contribution in [-0.2, 0) is 19.4 Å². The van der Waals surface area contributed by atoms with Gasteiger partial charge in [0, 0.05) is 19.4 Å². The minimum atomic E-state index is -3.01. The van der Waals surface area contributed by atoms with Crippen LogP contribution in [-0.4, -0.2) is 42.9 Å². The fourth-order valence-electron chi connectivity index (χ4n) is 1.97. The largest absolute Gasteiger partial charge is 0.481 e. The molecule has 0 aromatic rings. The van der Waals surface area contributed by atoms with Crippen LogP contribution < -0.4 is 5.32 Å². The number of unbranched alkanes of at least 4 members (excludes halogenated alkanes) is 1.